The molecule has 150 valence electrons. The molecule has 0 spiro atoms. The fourth-order valence-corrected chi connectivity index (χ4v) is 5.84. The standard InChI is InChI=1S/C19H25N5O2S2/c1-3-12-5-6-14-13(9-12)10-15(28-14)17-21-22-19(23(17)2)27-8-4-7-24-16(25)11-20-18(24)26/h10,12H,3-9,11H2,1-2H3,(H,20,26). The minimum absolute atomic E-state index is 0.114. The van der Waals surface area contributed by atoms with Crippen molar-refractivity contribution < 1.29 is 9.59 Å². The van der Waals surface area contributed by atoms with Crippen molar-refractivity contribution in [2.75, 3.05) is 18.8 Å². The van der Waals surface area contributed by atoms with Crippen molar-refractivity contribution in [3.63, 3.8) is 0 Å². The molecule has 0 bridgehead atoms. The smallest absolute Gasteiger partial charge is 0.324 e. The van der Waals surface area contributed by atoms with Gasteiger partial charge in [0.25, 0.3) is 0 Å². The molecule has 1 fully saturated rings. The van der Waals surface area contributed by atoms with Gasteiger partial charge < -0.3 is 9.88 Å². The van der Waals surface area contributed by atoms with E-state index < -0.39 is 0 Å². The van der Waals surface area contributed by atoms with E-state index in [2.05, 4.69) is 28.5 Å². The molecule has 9 heteroatoms. The van der Waals surface area contributed by atoms with Crippen LogP contribution in [0.4, 0.5) is 4.79 Å². The van der Waals surface area contributed by atoms with Gasteiger partial charge in [-0.1, -0.05) is 25.1 Å². The molecule has 1 saturated heterocycles. The second kappa shape index (κ2) is 8.24. The molecular weight excluding hydrogens is 394 g/mol. The Balaban J connectivity index is 1.36. The number of thioether (sulfide) groups is 1. The number of urea groups is 1. The zero-order valence-electron chi connectivity index (χ0n) is 16.2. The highest BCUT2D eigenvalue weighted by Crippen LogP contribution is 2.38. The lowest BCUT2D eigenvalue weighted by Crippen LogP contribution is -2.32. The van der Waals surface area contributed by atoms with Crippen LogP contribution in [-0.2, 0) is 24.7 Å². The Bertz CT molecular complexity index is 875. The Labute approximate surface area is 172 Å². The van der Waals surface area contributed by atoms with E-state index in [-0.39, 0.29) is 18.5 Å². The number of carbonyl (C=O) groups excluding carboxylic acids is 2. The number of hydrogen-bond donors (Lipinski definition) is 1. The van der Waals surface area contributed by atoms with Gasteiger partial charge in [0.2, 0.25) is 5.91 Å². The number of carbonyl (C=O) groups is 2. The number of amides is 3. The molecule has 0 aromatic carbocycles. The minimum Gasteiger partial charge on any atom is -0.329 e. The van der Waals surface area contributed by atoms with Crippen LogP contribution in [0.25, 0.3) is 10.7 Å². The Morgan fingerprint density at radius 2 is 2.21 bits per heavy atom. The first-order chi connectivity index (χ1) is 13.6. The van der Waals surface area contributed by atoms with Gasteiger partial charge in [0, 0.05) is 24.2 Å². The first-order valence-corrected chi connectivity index (χ1v) is 11.6. The number of imide groups is 1. The van der Waals surface area contributed by atoms with Crippen LogP contribution in [0.2, 0.25) is 0 Å². The highest BCUT2D eigenvalue weighted by Gasteiger charge is 2.27. The molecule has 0 saturated carbocycles. The first-order valence-electron chi connectivity index (χ1n) is 9.79. The molecule has 3 amide bonds. The van der Waals surface area contributed by atoms with Crippen LogP contribution in [0.15, 0.2) is 11.2 Å². The zero-order chi connectivity index (χ0) is 19.7. The van der Waals surface area contributed by atoms with E-state index in [4.69, 9.17) is 0 Å². The van der Waals surface area contributed by atoms with Crippen LogP contribution in [0, 0.1) is 5.92 Å². The summed E-state index contributed by atoms with van der Waals surface area (Å²) in [4.78, 5) is 27.1. The molecule has 3 heterocycles. The quantitative estimate of drug-likeness (QED) is 0.424. The molecule has 2 aromatic heterocycles. The summed E-state index contributed by atoms with van der Waals surface area (Å²) in [7, 11) is 2.00. The van der Waals surface area contributed by atoms with Gasteiger partial charge in [-0.25, -0.2) is 4.79 Å². The van der Waals surface area contributed by atoms with Crippen molar-refractivity contribution in [2.24, 2.45) is 13.0 Å². The molecule has 1 N–H and O–H groups in total. The van der Waals surface area contributed by atoms with Crippen LogP contribution >= 0.6 is 23.1 Å². The number of hydrogen-bond acceptors (Lipinski definition) is 6. The molecule has 1 atom stereocenters. The van der Waals surface area contributed by atoms with E-state index in [0.717, 1.165) is 29.1 Å². The lowest BCUT2D eigenvalue weighted by molar-refractivity contribution is -0.124. The van der Waals surface area contributed by atoms with Gasteiger partial charge >= 0.3 is 6.03 Å². The number of aryl methyl sites for hydroxylation is 1. The molecular formula is C19H25N5O2S2. The topological polar surface area (TPSA) is 80.1 Å². The summed E-state index contributed by atoms with van der Waals surface area (Å²) in [5.41, 5.74) is 1.49. The fraction of sp³-hybridized carbons (Fsp3) is 0.579. The van der Waals surface area contributed by atoms with Crippen LogP contribution < -0.4 is 5.32 Å². The van der Waals surface area contributed by atoms with E-state index in [1.807, 2.05) is 23.0 Å². The van der Waals surface area contributed by atoms with Crippen molar-refractivity contribution in [3.8, 4) is 10.7 Å². The number of fused-ring (bicyclic) bond motifs is 1. The second-order valence-corrected chi connectivity index (χ2v) is 9.55. The van der Waals surface area contributed by atoms with Gasteiger partial charge in [-0.2, -0.15) is 0 Å². The number of nitrogens with one attached hydrogen (secondary N) is 1. The maximum atomic E-state index is 11.6. The Kier molecular flexibility index (Phi) is 5.73. The monoisotopic (exact) mass is 419 g/mol. The van der Waals surface area contributed by atoms with Crippen molar-refractivity contribution in [3.05, 3.63) is 16.5 Å². The minimum atomic E-state index is -0.289. The number of thiophene rings is 1. The highest BCUT2D eigenvalue weighted by atomic mass is 32.2. The summed E-state index contributed by atoms with van der Waals surface area (Å²) in [5, 5.41) is 12.2. The van der Waals surface area contributed by atoms with Crippen molar-refractivity contribution >= 4 is 35.0 Å². The van der Waals surface area contributed by atoms with Gasteiger partial charge in [0.05, 0.1) is 11.4 Å². The molecule has 1 unspecified atom stereocenters. The van der Waals surface area contributed by atoms with Crippen LogP contribution in [0.3, 0.4) is 0 Å². The molecule has 2 aromatic rings. The first kappa shape index (κ1) is 19.4. The predicted molar refractivity (Wildman–Crippen MR) is 111 cm³/mol. The van der Waals surface area contributed by atoms with Gasteiger partial charge in [0.1, 0.15) is 0 Å². The van der Waals surface area contributed by atoms with Crippen molar-refractivity contribution in [1.82, 2.24) is 25.0 Å². The Morgan fingerprint density at radius 3 is 2.96 bits per heavy atom. The molecule has 0 radical (unpaired) electrons. The Hall–Kier alpha value is -1.87. The van der Waals surface area contributed by atoms with Gasteiger partial charge in [-0.15, -0.1) is 21.5 Å². The summed E-state index contributed by atoms with van der Waals surface area (Å²) in [5.74, 6) is 2.36. The molecule has 28 heavy (non-hydrogen) atoms. The summed E-state index contributed by atoms with van der Waals surface area (Å²) >= 11 is 3.46. The van der Waals surface area contributed by atoms with Gasteiger partial charge in [-0.05, 0) is 43.2 Å². The molecule has 1 aliphatic heterocycles. The summed E-state index contributed by atoms with van der Waals surface area (Å²) < 4.78 is 2.05. The normalized spacial score (nSPS) is 19.2. The third kappa shape index (κ3) is 3.82. The highest BCUT2D eigenvalue weighted by molar-refractivity contribution is 7.99. The predicted octanol–water partition coefficient (Wildman–Crippen LogP) is 3.09. The average Bonchev–Trinajstić information content (AvgIpc) is 3.36. The molecule has 2 aliphatic rings. The van der Waals surface area contributed by atoms with Gasteiger partial charge in [-0.3, -0.25) is 9.69 Å². The van der Waals surface area contributed by atoms with Crippen molar-refractivity contribution in [1.29, 1.82) is 0 Å². The second-order valence-electron chi connectivity index (χ2n) is 7.35. The lowest BCUT2D eigenvalue weighted by Gasteiger charge is -2.19. The van der Waals surface area contributed by atoms with E-state index >= 15 is 0 Å². The number of aromatic nitrogens is 3. The largest absolute Gasteiger partial charge is 0.329 e. The third-order valence-electron chi connectivity index (χ3n) is 5.51. The SMILES string of the molecule is CCC1CCc2sc(-c3nnc(SCCCN4C(=O)CNC4=O)n3C)cc2C1. The molecule has 4 rings (SSSR count). The zero-order valence-corrected chi connectivity index (χ0v) is 17.9. The van der Waals surface area contributed by atoms with Crippen LogP contribution in [-0.4, -0.2) is 50.4 Å². The van der Waals surface area contributed by atoms with E-state index in [9.17, 15) is 9.59 Å². The summed E-state index contributed by atoms with van der Waals surface area (Å²) in [6.45, 7) is 2.84. The van der Waals surface area contributed by atoms with Crippen LogP contribution in [0.1, 0.15) is 36.6 Å². The molecule has 7 nitrogen and oxygen atoms in total. The Morgan fingerprint density at radius 1 is 1.36 bits per heavy atom. The number of nitrogens with zero attached hydrogens (tertiary/aromatic N) is 4. The van der Waals surface area contributed by atoms with Gasteiger partial charge in [0.15, 0.2) is 11.0 Å². The van der Waals surface area contributed by atoms with E-state index in [1.54, 1.807) is 11.8 Å². The molecule has 1 aliphatic carbocycles. The fourth-order valence-electron chi connectivity index (χ4n) is 3.78. The van der Waals surface area contributed by atoms with Crippen molar-refractivity contribution in [2.45, 2.75) is 44.2 Å². The third-order valence-corrected chi connectivity index (χ3v) is 7.85. The average molecular weight is 420 g/mol. The maximum Gasteiger partial charge on any atom is 0.324 e. The summed E-state index contributed by atoms with van der Waals surface area (Å²) in [6, 6.07) is 2.01. The van der Waals surface area contributed by atoms with E-state index in [0.29, 0.717) is 6.54 Å². The lowest BCUT2D eigenvalue weighted by atomic mass is 9.87. The number of rotatable bonds is 7. The van der Waals surface area contributed by atoms with E-state index in [1.165, 1.54) is 45.9 Å². The summed E-state index contributed by atoms with van der Waals surface area (Å²) in [6.07, 6.45) is 5.64. The maximum absolute atomic E-state index is 11.6. The van der Waals surface area contributed by atoms with Crippen LogP contribution in [0.5, 0.6) is 0 Å².